The van der Waals surface area contributed by atoms with Gasteiger partial charge in [-0.1, -0.05) is 0 Å². The molecule has 2 atom stereocenters. The molecular weight excluding hydrogens is 161 g/mol. The van der Waals surface area contributed by atoms with Gasteiger partial charge in [-0.05, 0) is 4.52 Å². The normalized spacial score (nSPS) is 30.0. The van der Waals surface area contributed by atoms with Crippen LogP contribution in [-0.2, 0) is 13.6 Å². The summed E-state index contributed by atoms with van der Waals surface area (Å²) in [6.45, 7) is 0.126. The van der Waals surface area contributed by atoms with Crippen LogP contribution >= 0.6 is 8.25 Å². The second kappa shape index (κ2) is 3.01. The van der Waals surface area contributed by atoms with Crippen LogP contribution in [0.15, 0.2) is 0 Å². The minimum atomic E-state index is -2.26. The molecule has 1 heterocycles. The maximum absolute atomic E-state index is 10.4. The smallest absolute Gasteiger partial charge is 0.262 e. The molecule has 0 aliphatic carbocycles. The summed E-state index contributed by atoms with van der Waals surface area (Å²) in [5.74, 6) is 0. The molecule has 0 aromatic rings. The molecule has 6 nitrogen and oxygen atoms in total. The Hall–Kier alpha value is -0.580. The van der Waals surface area contributed by atoms with Crippen LogP contribution in [0, 0.1) is 10.1 Å². The molecule has 0 bridgehead atoms. The average molecular weight is 166 g/mol. The van der Waals surface area contributed by atoms with E-state index in [0.29, 0.717) is 0 Å². The van der Waals surface area contributed by atoms with Gasteiger partial charge in [0.15, 0.2) is 0 Å². The molecule has 0 aromatic carbocycles. The first-order valence-corrected chi connectivity index (χ1v) is 3.70. The first-order valence-electron chi connectivity index (χ1n) is 2.60. The van der Waals surface area contributed by atoms with Crippen molar-refractivity contribution < 1.29 is 18.5 Å². The van der Waals surface area contributed by atoms with Crippen molar-refractivity contribution in [3.05, 3.63) is 10.1 Å². The fourth-order valence-electron chi connectivity index (χ4n) is 0.554. The van der Waals surface area contributed by atoms with Crippen LogP contribution in [0.4, 0.5) is 0 Å². The summed E-state index contributed by atoms with van der Waals surface area (Å²) in [4.78, 5) is 9.38. The van der Waals surface area contributed by atoms with Crippen molar-refractivity contribution in [2.75, 3.05) is 6.61 Å². The van der Waals surface area contributed by atoms with E-state index >= 15 is 0 Å². The van der Waals surface area contributed by atoms with Gasteiger partial charge in [-0.25, -0.2) is 0 Å². The summed E-state index contributed by atoms with van der Waals surface area (Å²) in [5, 5.41) is 10.00. The van der Waals surface area contributed by atoms with Crippen LogP contribution in [0.2, 0.25) is 0 Å². The van der Waals surface area contributed by atoms with Gasteiger partial charge in [0.25, 0.3) is 0 Å². The van der Waals surface area contributed by atoms with Crippen molar-refractivity contribution in [2.45, 2.75) is 12.6 Å². The summed E-state index contributed by atoms with van der Waals surface area (Å²) in [6.07, 6.45) is -0.994. The standard InChI is InChI=1S/C3H5NO5P/c5-4(6)3-1-2-8-10(7)9-3/h3H,1-2H2/q+1. The average Bonchev–Trinajstić information content (AvgIpc) is 1.88. The molecule has 0 N–H and O–H groups in total. The van der Waals surface area contributed by atoms with E-state index in [1.807, 2.05) is 0 Å². The van der Waals surface area contributed by atoms with Gasteiger partial charge in [0, 0.05) is 4.57 Å². The fourth-order valence-corrected chi connectivity index (χ4v) is 1.25. The topological polar surface area (TPSA) is 78.7 Å². The Morgan fingerprint density at radius 2 is 2.40 bits per heavy atom. The van der Waals surface area contributed by atoms with Crippen LogP contribution in [-0.4, -0.2) is 17.8 Å². The van der Waals surface area contributed by atoms with Gasteiger partial charge < -0.3 is 0 Å². The molecule has 0 spiro atoms. The Kier molecular flexibility index (Phi) is 2.26. The van der Waals surface area contributed by atoms with Gasteiger partial charge in [0.2, 0.25) is 0 Å². The van der Waals surface area contributed by atoms with Crippen molar-refractivity contribution in [2.24, 2.45) is 0 Å². The van der Waals surface area contributed by atoms with Crippen molar-refractivity contribution in [3.63, 3.8) is 0 Å². The molecule has 2 unspecified atom stereocenters. The van der Waals surface area contributed by atoms with E-state index in [1.165, 1.54) is 0 Å². The largest absolute Gasteiger partial charge is 0.704 e. The van der Waals surface area contributed by atoms with E-state index in [9.17, 15) is 14.7 Å². The third-order valence-corrected chi connectivity index (χ3v) is 1.81. The zero-order chi connectivity index (χ0) is 7.56. The molecule has 56 valence electrons. The lowest BCUT2D eigenvalue weighted by Crippen LogP contribution is -2.25. The minimum absolute atomic E-state index is 0.126. The van der Waals surface area contributed by atoms with Crippen LogP contribution < -0.4 is 0 Å². The maximum Gasteiger partial charge on any atom is 0.704 e. The Morgan fingerprint density at radius 3 is 2.80 bits per heavy atom. The van der Waals surface area contributed by atoms with E-state index in [1.54, 1.807) is 0 Å². The van der Waals surface area contributed by atoms with Crippen molar-refractivity contribution >= 4 is 8.25 Å². The predicted octanol–water partition coefficient (Wildman–Crippen LogP) is 0.683. The molecule has 0 aromatic heterocycles. The third-order valence-electron chi connectivity index (χ3n) is 1.00. The molecule has 1 aliphatic heterocycles. The Bertz CT molecular complexity index is 168. The Balaban J connectivity index is 2.47. The van der Waals surface area contributed by atoms with E-state index in [-0.39, 0.29) is 13.0 Å². The van der Waals surface area contributed by atoms with Crippen LogP contribution in [0.1, 0.15) is 6.42 Å². The minimum Gasteiger partial charge on any atom is -0.262 e. The third kappa shape index (κ3) is 1.70. The molecule has 1 saturated heterocycles. The van der Waals surface area contributed by atoms with Gasteiger partial charge >= 0.3 is 14.5 Å². The van der Waals surface area contributed by atoms with Crippen molar-refractivity contribution in [3.8, 4) is 0 Å². The highest BCUT2D eigenvalue weighted by Crippen LogP contribution is 2.31. The molecule has 0 radical (unpaired) electrons. The van der Waals surface area contributed by atoms with Gasteiger partial charge in [0.05, 0.1) is 11.3 Å². The summed E-state index contributed by atoms with van der Waals surface area (Å²) >= 11 is 0. The Labute approximate surface area is 57.2 Å². The summed E-state index contributed by atoms with van der Waals surface area (Å²) < 4.78 is 19.2. The lowest BCUT2D eigenvalue weighted by molar-refractivity contribution is -0.566. The van der Waals surface area contributed by atoms with Crippen LogP contribution in [0.5, 0.6) is 0 Å². The zero-order valence-electron chi connectivity index (χ0n) is 4.93. The number of nitro groups is 1. The number of nitrogens with zero attached hydrogens (tertiary/aromatic N) is 1. The fraction of sp³-hybridized carbons (Fsp3) is 1.00. The van der Waals surface area contributed by atoms with E-state index in [2.05, 4.69) is 9.05 Å². The molecule has 10 heavy (non-hydrogen) atoms. The molecule has 7 heteroatoms. The second-order valence-electron chi connectivity index (χ2n) is 1.69. The van der Waals surface area contributed by atoms with Crippen LogP contribution in [0.25, 0.3) is 0 Å². The second-order valence-corrected chi connectivity index (χ2v) is 2.61. The van der Waals surface area contributed by atoms with Gasteiger partial charge in [-0.2, -0.15) is 0 Å². The Morgan fingerprint density at radius 1 is 1.70 bits per heavy atom. The van der Waals surface area contributed by atoms with Gasteiger partial charge in [0.1, 0.15) is 6.61 Å². The molecule has 0 saturated carbocycles. The van der Waals surface area contributed by atoms with Gasteiger partial charge in [-0.15, -0.1) is 4.52 Å². The van der Waals surface area contributed by atoms with Crippen LogP contribution in [0.3, 0.4) is 0 Å². The first kappa shape index (κ1) is 7.53. The molecule has 1 aliphatic rings. The lowest BCUT2D eigenvalue weighted by Gasteiger charge is -2.03. The SMILES string of the molecule is O=[N+]([O-])C1CCO[P+](=O)O1. The highest BCUT2D eigenvalue weighted by Gasteiger charge is 2.40. The van der Waals surface area contributed by atoms with E-state index in [4.69, 9.17) is 0 Å². The van der Waals surface area contributed by atoms with Gasteiger partial charge in [-0.3, -0.25) is 10.1 Å². The monoisotopic (exact) mass is 166 g/mol. The quantitative estimate of drug-likeness (QED) is 0.325. The number of rotatable bonds is 1. The predicted molar refractivity (Wildman–Crippen MR) is 30.0 cm³/mol. The molecule has 1 fully saturated rings. The van der Waals surface area contributed by atoms with E-state index in [0.717, 1.165) is 0 Å². The lowest BCUT2D eigenvalue weighted by atomic mass is 10.4. The summed E-state index contributed by atoms with van der Waals surface area (Å²) in [7, 11) is -2.26. The van der Waals surface area contributed by atoms with Crippen molar-refractivity contribution in [1.82, 2.24) is 0 Å². The summed E-state index contributed by atoms with van der Waals surface area (Å²) in [6, 6.07) is 0. The molecule has 1 rings (SSSR count). The molecule has 0 amide bonds. The highest BCUT2D eigenvalue weighted by molar-refractivity contribution is 7.33. The summed E-state index contributed by atoms with van der Waals surface area (Å²) in [5.41, 5.74) is 0. The first-order chi connectivity index (χ1) is 4.70. The molecular formula is C3H5NO5P+. The van der Waals surface area contributed by atoms with Crippen molar-refractivity contribution in [1.29, 1.82) is 0 Å². The number of hydrogen-bond acceptors (Lipinski definition) is 5. The number of hydrogen-bond donors (Lipinski definition) is 0. The van der Waals surface area contributed by atoms with E-state index < -0.39 is 19.4 Å². The maximum atomic E-state index is 10.4. The zero-order valence-corrected chi connectivity index (χ0v) is 5.82. The highest BCUT2D eigenvalue weighted by atomic mass is 31.1.